The number of aryl methyl sites for hydroxylation is 1. The number of hydrogen-bond donors (Lipinski definition) is 1. The van der Waals surface area contributed by atoms with Crippen molar-refractivity contribution in [3.63, 3.8) is 0 Å². The quantitative estimate of drug-likeness (QED) is 0.886. The third kappa shape index (κ3) is 3.58. The zero-order valence-corrected chi connectivity index (χ0v) is 12.8. The van der Waals surface area contributed by atoms with Gasteiger partial charge in [-0.05, 0) is 42.3 Å². The average molecular weight is 339 g/mol. The molecule has 0 radical (unpaired) electrons. The molecule has 19 heavy (non-hydrogen) atoms. The molecule has 0 aliphatic heterocycles. The van der Waals surface area contributed by atoms with Gasteiger partial charge in [-0.25, -0.2) is 0 Å². The maximum atomic E-state index is 12.1. The van der Waals surface area contributed by atoms with E-state index in [0.717, 1.165) is 15.6 Å². The van der Waals surface area contributed by atoms with Crippen LogP contribution in [0.15, 0.2) is 46.9 Å². The van der Waals surface area contributed by atoms with Crippen molar-refractivity contribution in [1.29, 1.82) is 0 Å². The Morgan fingerprint density at radius 1 is 1.26 bits per heavy atom. The van der Waals surface area contributed by atoms with E-state index >= 15 is 0 Å². The van der Waals surface area contributed by atoms with Gasteiger partial charge in [0.2, 0.25) is 0 Å². The summed E-state index contributed by atoms with van der Waals surface area (Å²) in [5.41, 5.74) is 2.57. The second kappa shape index (κ2) is 6.22. The highest BCUT2D eigenvalue weighted by molar-refractivity contribution is 9.10. The number of carbonyl (C=O) groups is 1. The van der Waals surface area contributed by atoms with E-state index in [2.05, 4.69) is 21.2 Å². The fourth-order valence-corrected chi connectivity index (χ4v) is 2.45. The monoisotopic (exact) mass is 337 g/mol. The lowest BCUT2D eigenvalue weighted by molar-refractivity contribution is 0.0950. The molecule has 0 saturated carbocycles. The third-order valence-electron chi connectivity index (χ3n) is 2.83. The number of nitrogens with one attached hydrogen (secondary N) is 1. The van der Waals surface area contributed by atoms with Gasteiger partial charge in [0, 0.05) is 21.6 Å². The molecule has 0 aromatic heterocycles. The summed E-state index contributed by atoms with van der Waals surface area (Å²) >= 11 is 9.34. The number of carbonyl (C=O) groups excluding carboxylic acids is 1. The first kappa shape index (κ1) is 14.1. The van der Waals surface area contributed by atoms with Gasteiger partial charge in [-0.15, -0.1) is 0 Å². The fraction of sp³-hybridized carbons (Fsp3) is 0.133. The Labute approximate surface area is 125 Å². The van der Waals surface area contributed by atoms with Crippen molar-refractivity contribution in [1.82, 2.24) is 5.32 Å². The third-order valence-corrected chi connectivity index (χ3v) is 3.84. The van der Waals surface area contributed by atoms with E-state index in [1.54, 1.807) is 18.2 Å². The first-order chi connectivity index (χ1) is 9.08. The van der Waals surface area contributed by atoms with Crippen LogP contribution in [-0.2, 0) is 6.54 Å². The molecule has 4 heteroatoms. The second-order valence-electron chi connectivity index (χ2n) is 4.23. The van der Waals surface area contributed by atoms with Crippen LogP contribution >= 0.6 is 27.5 Å². The van der Waals surface area contributed by atoms with Crippen molar-refractivity contribution < 1.29 is 4.79 Å². The second-order valence-corrected chi connectivity index (χ2v) is 5.52. The SMILES string of the molecule is Cc1cc(Cl)ccc1C(=O)NCc1ccccc1Br. The zero-order valence-electron chi connectivity index (χ0n) is 10.4. The minimum atomic E-state index is -0.0927. The summed E-state index contributed by atoms with van der Waals surface area (Å²) in [5, 5.41) is 3.54. The molecule has 0 unspecified atom stereocenters. The van der Waals surface area contributed by atoms with E-state index in [9.17, 15) is 4.79 Å². The molecular formula is C15H13BrClNO. The smallest absolute Gasteiger partial charge is 0.251 e. The highest BCUT2D eigenvalue weighted by Gasteiger charge is 2.09. The number of hydrogen-bond acceptors (Lipinski definition) is 1. The lowest BCUT2D eigenvalue weighted by Crippen LogP contribution is -2.23. The molecule has 0 atom stereocenters. The van der Waals surface area contributed by atoms with E-state index in [0.29, 0.717) is 17.1 Å². The normalized spacial score (nSPS) is 10.3. The largest absolute Gasteiger partial charge is 0.348 e. The molecular weight excluding hydrogens is 326 g/mol. The molecule has 98 valence electrons. The predicted molar refractivity (Wildman–Crippen MR) is 81.5 cm³/mol. The minimum Gasteiger partial charge on any atom is -0.348 e. The van der Waals surface area contributed by atoms with E-state index in [-0.39, 0.29) is 5.91 Å². The van der Waals surface area contributed by atoms with E-state index in [4.69, 9.17) is 11.6 Å². The molecule has 1 N–H and O–H groups in total. The topological polar surface area (TPSA) is 29.1 Å². The lowest BCUT2D eigenvalue weighted by Gasteiger charge is -2.09. The molecule has 2 nitrogen and oxygen atoms in total. The number of benzene rings is 2. The molecule has 0 fully saturated rings. The van der Waals surface area contributed by atoms with Gasteiger partial charge >= 0.3 is 0 Å². The molecule has 0 saturated heterocycles. The summed E-state index contributed by atoms with van der Waals surface area (Å²) in [7, 11) is 0. The summed E-state index contributed by atoms with van der Waals surface area (Å²) in [6.07, 6.45) is 0. The van der Waals surface area contributed by atoms with Gasteiger partial charge in [-0.1, -0.05) is 45.7 Å². The number of halogens is 2. The zero-order chi connectivity index (χ0) is 13.8. The van der Waals surface area contributed by atoms with Crippen LogP contribution in [0.4, 0.5) is 0 Å². The van der Waals surface area contributed by atoms with E-state index in [1.807, 2.05) is 31.2 Å². The van der Waals surface area contributed by atoms with Crippen LogP contribution in [0.3, 0.4) is 0 Å². The number of rotatable bonds is 3. The summed E-state index contributed by atoms with van der Waals surface area (Å²) in [4.78, 5) is 12.1. The molecule has 2 aromatic rings. The van der Waals surface area contributed by atoms with Crippen LogP contribution in [0.5, 0.6) is 0 Å². The van der Waals surface area contributed by atoms with Gasteiger partial charge in [0.15, 0.2) is 0 Å². The van der Waals surface area contributed by atoms with Crippen molar-refractivity contribution in [2.75, 3.05) is 0 Å². The van der Waals surface area contributed by atoms with Crippen molar-refractivity contribution in [2.45, 2.75) is 13.5 Å². The highest BCUT2D eigenvalue weighted by Crippen LogP contribution is 2.17. The van der Waals surface area contributed by atoms with Crippen LogP contribution in [0.25, 0.3) is 0 Å². The first-order valence-corrected chi connectivity index (χ1v) is 7.03. The van der Waals surface area contributed by atoms with E-state index < -0.39 is 0 Å². The highest BCUT2D eigenvalue weighted by atomic mass is 79.9. The molecule has 2 rings (SSSR count). The maximum Gasteiger partial charge on any atom is 0.251 e. The lowest BCUT2D eigenvalue weighted by atomic mass is 10.1. The summed E-state index contributed by atoms with van der Waals surface area (Å²) < 4.78 is 0.989. The van der Waals surface area contributed by atoms with Crippen LogP contribution in [0.1, 0.15) is 21.5 Å². The standard InChI is InChI=1S/C15H13BrClNO/c1-10-8-12(17)6-7-13(10)15(19)18-9-11-4-2-3-5-14(11)16/h2-8H,9H2,1H3,(H,18,19). The van der Waals surface area contributed by atoms with Crippen molar-refractivity contribution in [2.24, 2.45) is 0 Å². The van der Waals surface area contributed by atoms with Gasteiger partial charge in [0.1, 0.15) is 0 Å². The van der Waals surface area contributed by atoms with Crippen molar-refractivity contribution in [3.05, 3.63) is 68.7 Å². The van der Waals surface area contributed by atoms with Gasteiger partial charge in [0.05, 0.1) is 0 Å². The summed E-state index contributed by atoms with van der Waals surface area (Å²) in [5.74, 6) is -0.0927. The first-order valence-electron chi connectivity index (χ1n) is 5.85. The Bertz CT molecular complexity index is 613. The van der Waals surface area contributed by atoms with Crippen LogP contribution in [0, 0.1) is 6.92 Å². The van der Waals surface area contributed by atoms with Crippen molar-refractivity contribution in [3.8, 4) is 0 Å². The van der Waals surface area contributed by atoms with Crippen LogP contribution < -0.4 is 5.32 Å². The summed E-state index contributed by atoms with van der Waals surface area (Å²) in [6.45, 7) is 2.36. The Balaban J connectivity index is 2.08. The molecule has 0 heterocycles. The number of amides is 1. The van der Waals surface area contributed by atoms with Gasteiger partial charge < -0.3 is 5.32 Å². The molecule has 0 aliphatic rings. The Kier molecular flexibility index (Phi) is 4.61. The van der Waals surface area contributed by atoms with Crippen LogP contribution in [-0.4, -0.2) is 5.91 Å². The maximum absolute atomic E-state index is 12.1. The minimum absolute atomic E-state index is 0.0927. The Morgan fingerprint density at radius 2 is 2.00 bits per heavy atom. The van der Waals surface area contributed by atoms with Gasteiger partial charge in [-0.2, -0.15) is 0 Å². The molecule has 2 aromatic carbocycles. The van der Waals surface area contributed by atoms with Gasteiger partial charge in [0.25, 0.3) is 5.91 Å². The van der Waals surface area contributed by atoms with E-state index in [1.165, 1.54) is 0 Å². The Morgan fingerprint density at radius 3 is 2.68 bits per heavy atom. The van der Waals surface area contributed by atoms with Crippen molar-refractivity contribution >= 4 is 33.4 Å². The van der Waals surface area contributed by atoms with Gasteiger partial charge in [-0.3, -0.25) is 4.79 Å². The predicted octanol–water partition coefficient (Wildman–Crippen LogP) is 4.34. The molecule has 0 bridgehead atoms. The molecule has 0 aliphatic carbocycles. The Hall–Kier alpha value is -1.32. The van der Waals surface area contributed by atoms with Crippen LogP contribution in [0.2, 0.25) is 5.02 Å². The molecule has 1 amide bonds. The molecule has 0 spiro atoms. The summed E-state index contributed by atoms with van der Waals surface area (Å²) in [6, 6.07) is 13.1. The average Bonchev–Trinajstić information content (AvgIpc) is 2.37. The fourth-order valence-electron chi connectivity index (χ4n) is 1.79.